The van der Waals surface area contributed by atoms with Gasteiger partial charge in [0.25, 0.3) is 0 Å². The number of rotatable bonds is 5. The molecule has 0 atom stereocenters. The van der Waals surface area contributed by atoms with Crippen LogP contribution in [0.2, 0.25) is 0 Å². The Hall–Kier alpha value is -3.71. The van der Waals surface area contributed by atoms with Crippen LogP contribution in [0.15, 0.2) is 54.7 Å². The molecule has 1 aliphatic rings. The van der Waals surface area contributed by atoms with Gasteiger partial charge in [-0.25, -0.2) is 4.98 Å². The van der Waals surface area contributed by atoms with E-state index in [1.54, 1.807) is 0 Å². The van der Waals surface area contributed by atoms with Crippen molar-refractivity contribution in [2.24, 2.45) is 0 Å². The quantitative estimate of drug-likeness (QED) is 0.470. The number of nitrogens with zero attached hydrogens (tertiary/aromatic N) is 5. The molecule has 180 valence electrons. The largest absolute Gasteiger partial charge is 0.340 e. The molecule has 3 heterocycles. The highest BCUT2D eigenvalue weighted by Gasteiger charge is 2.19. The molecule has 1 N–H and O–H groups in total. The molecule has 7 heteroatoms. The first-order valence-electron chi connectivity index (χ1n) is 12.1. The Labute approximate surface area is 206 Å². The Morgan fingerprint density at radius 3 is 2.40 bits per heavy atom. The van der Waals surface area contributed by atoms with Gasteiger partial charge >= 0.3 is 0 Å². The first-order chi connectivity index (χ1) is 16.9. The van der Waals surface area contributed by atoms with Crippen molar-refractivity contribution in [2.75, 3.05) is 38.5 Å². The highest BCUT2D eigenvalue weighted by Crippen LogP contribution is 2.25. The van der Waals surface area contributed by atoms with E-state index in [4.69, 9.17) is 4.98 Å². The minimum Gasteiger partial charge on any atom is -0.340 e. The Kier molecular flexibility index (Phi) is 6.26. The Morgan fingerprint density at radius 2 is 1.69 bits per heavy atom. The summed E-state index contributed by atoms with van der Waals surface area (Å²) in [5, 5.41) is 4.32. The van der Waals surface area contributed by atoms with Gasteiger partial charge in [0.15, 0.2) is 0 Å². The maximum absolute atomic E-state index is 12.7. The van der Waals surface area contributed by atoms with Crippen molar-refractivity contribution in [3.05, 3.63) is 77.1 Å². The number of amides is 1. The van der Waals surface area contributed by atoms with Gasteiger partial charge in [-0.3, -0.25) is 9.36 Å². The van der Waals surface area contributed by atoms with Gasteiger partial charge in [0, 0.05) is 54.8 Å². The molecule has 2 aromatic carbocycles. The molecule has 1 amide bonds. The van der Waals surface area contributed by atoms with Gasteiger partial charge in [-0.05, 0) is 74.8 Å². The van der Waals surface area contributed by atoms with Crippen LogP contribution >= 0.6 is 0 Å². The second-order valence-electron chi connectivity index (χ2n) is 9.55. The first kappa shape index (κ1) is 23.1. The Bertz CT molecular complexity index is 1370. The maximum atomic E-state index is 12.7. The molecule has 0 spiro atoms. The third kappa shape index (κ3) is 4.91. The fourth-order valence-corrected chi connectivity index (χ4v) is 4.56. The first-order valence-corrected chi connectivity index (χ1v) is 12.1. The lowest BCUT2D eigenvalue weighted by Gasteiger charge is -2.32. The molecule has 2 aromatic heterocycles. The van der Waals surface area contributed by atoms with E-state index in [1.165, 1.54) is 11.1 Å². The molecular formula is C28H32N6O. The van der Waals surface area contributed by atoms with E-state index in [1.807, 2.05) is 29.3 Å². The van der Waals surface area contributed by atoms with Gasteiger partial charge in [0.05, 0.1) is 6.42 Å². The van der Waals surface area contributed by atoms with Crippen molar-refractivity contribution in [2.45, 2.75) is 27.2 Å². The van der Waals surface area contributed by atoms with Gasteiger partial charge in [-0.1, -0.05) is 18.2 Å². The van der Waals surface area contributed by atoms with Crippen LogP contribution in [0.25, 0.3) is 16.7 Å². The summed E-state index contributed by atoms with van der Waals surface area (Å²) in [6.45, 7) is 9.76. The minimum absolute atomic E-state index is 0.197. The summed E-state index contributed by atoms with van der Waals surface area (Å²) >= 11 is 0. The van der Waals surface area contributed by atoms with Crippen LogP contribution in [-0.4, -0.2) is 63.5 Å². The highest BCUT2D eigenvalue weighted by molar-refractivity contribution is 5.81. The van der Waals surface area contributed by atoms with E-state index in [-0.39, 0.29) is 5.91 Å². The molecule has 1 saturated heterocycles. The number of aromatic nitrogens is 3. The number of nitrogens with one attached hydrogen (secondary N) is 1. The Morgan fingerprint density at radius 1 is 0.943 bits per heavy atom. The predicted octanol–water partition coefficient (Wildman–Crippen LogP) is 4.41. The number of benzene rings is 2. The fourth-order valence-electron chi connectivity index (χ4n) is 4.56. The van der Waals surface area contributed by atoms with Crippen LogP contribution in [0.4, 0.5) is 11.6 Å². The van der Waals surface area contributed by atoms with E-state index in [0.717, 1.165) is 59.8 Å². The molecule has 1 fully saturated rings. The smallest absolute Gasteiger partial charge is 0.229 e. The van der Waals surface area contributed by atoms with Crippen molar-refractivity contribution in [3.8, 4) is 5.69 Å². The summed E-state index contributed by atoms with van der Waals surface area (Å²) < 4.78 is 2.13. The van der Waals surface area contributed by atoms with Gasteiger partial charge in [0.1, 0.15) is 5.65 Å². The molecule has 1 aliphatic heterocycles. The summed E-state index contributed by atoms with van der Waals surface area (Å²) in [5.41, 5.74) is 7.43. The van der Waals surface area contributed by atoms with E-state index >= 15 is 0 Å². The molecule has 7 nitrogen and oxygen atoms in total. The number of piperazine rings is 1. The lowest BCUT2D eigenvalue weighted by Crippen LogP contribution is -2.47. The molecule has 0 radical (unpaired) electrons. The number of fused-ring (bicyclic) bond motifs is 1. The van der Waals surface area contributed by atoms with Crippen LogP contribution in [0.5, 0.6) is 0 Å². The number of hydrogen-bond donors (Lipinski definition) is 1. The Balaban J connectivity index is 1.36. The second kappa shape index (κ2) is 9.50. The number of carbonyl (C=O) groups is 1. The maximum Gasteiger partial charge on any atom is 0.229 e. The topological polar surface area (TPSA) is 66.3 Å². The van der Waals surface area contributed by atoms with Crippen molar-refractivity contribution < 1.29 is 4.79 Å². The van der Waals surface area contributed by atoms with Crippen molar-refractivity contribution >= 4 is 28.6 Å². The van der Waals surface area contributed by atoms with Gasteiger partial charge < -0.3 is 15.1 Å². The van der Waals surface area contributed by atoms with Crippen molar-refractivity contribution in [1.29, 1.82) is 0 Å². The average molecular weight is 469 g/mol. The summed E-state index contributed by atoms with van der Waals surface area (Å²) in [4.78, 5) is 26.3. The third-order valence-electron chi connectivity index (χ3n) is 6.89. The van der Waals surface area contributed by atoms with E-state index in [0.29, 0.717) is 12.4 Å². The zero-order valence-electron chi connectivity index (χ0n) is 20.9. The van der Waals surface area contributed by atoms with Crippen LogP contribution < -0.4 is 5.32 Å². The zero-order chi connectivity index (χ0) is 24.5. The van der Waals surface area contributed by atoms with E-state index < -0.39 is 0 Å². The van der Waals surface area contributed by atoms with Crippen LogP contribution in [-0.2, 0) is 11.2 Å². The van der Waals surface area contributed by atoms with E-state index in [9.17, 15) is 4.79 Å². The third-order valence-corrected chi connectivity index (χ3v) is 6.89. The molecule has 35 heavy (non-hydrogen) atoms. The molecule has 4 aromatic rings. The fraction of sp³-hybridized carbons (Fsp3) is 0.321. The molecule has 5 rings (SSSR count). The molecule has 0 bridgehead atoms. The predicted molar refractivity (Wildman–Crippen MR) is 141 cm³/mol. The minimum atomic E-state index is 0.197. The van der Waals surface area contributed by atoms with Gasteiger partial charge in [-0.15, -0.1) is 0 Å². The highest BCUT2D eigenvalue weighted by atomic mass is 16.2. The number of hydrogen-bond acceptors (Lipinski definition) is 5. The van der Waals surface area contributed by atoms with Gasteiger partial charge in [-0.2, -0.15) is 4.98 Å². The van der Waals surface area contributed by atoms with Crippen molar-refractivity contribution in [1.82, 2.24) is 24.3 Å². The zero-order valence-corrected chi connectivity index (χ0v) is 20.9. The SMILES string of the molecule is Cc1ccc(Nc2ncc3cc(C)n(-c4ccc(CC(=O)N5CCN(C)CC5)cc4)c3n2)cc1C. The van der Waals surface area contributed by atoms with Crippen LogP contribution in [0.3, 0.4) is 0 Å². The van der Waals surface area contributed by atoms with E-state index in [2.05, 4.69) is 77.9 Å². The van der Waals surface area contributed by atoms with Crippen LogP contribution in [0.1, 0.15) is 22.4 Å². The molecule has 0 saturated carbocycles. The second-order valence-corrected chi connectivity index (χ2v) is 9.55. The van der Waals surface area contributed by atoms with Crippen molar-refractivity contribution in [3.63, 3.8) is 0 Å². The normalized spacial score (nSPS) is 14.5. The summed E-state index contributed by atoms with van der Waals surface area (Å²) in [6.07, 6.45) is 2.29. The summed E-state index contributed by atoms with van der Waals surface area (Å²) in [7, 11) is 2.10. The number of carbonyl (C=O) groups excluding carboxylic acids is 1. The standard InChI is InChI=1S/C28H32N6O/c1-19-5-8-24(15-20(19)2)30-28-29-18-23-16-21(3)34(27(23)31-28)25-9-6-22(7-10-25)17-26(35)33-13-11-32(4)12-14-33/h5-10,15-16,18H,11-14,17H2,1-4H3,(H,29,30,31). The molecule has 0 unspecified atom stereocenters. The monoisotopic (exact) mass is 468 g/mol. The average Bonchev–Trinajstić information content (AvgIpc) is 3.17. The molecule has 0 aliphatic carbocycles. The lowest BCUT2D eigenvalue weighted by atomic mass is 10.1. The summed E-state index contributed by atoms with van der Waals surface area (Å²) in [5.74, 6) is 0.762. The molecular weight excluding hydrogens is 436 g/mol. The van der Waals surface area contributed by atoms with Crippen LogP contribution in [0, 0.1) is 20.8 Å². The number of likely N-dealkylation sites (N-methyl/N-ethyl adjacent to an activating group) is 1. The number of aryl methyl sites for hydroxylation is 3. The summed E-state index contributed by atoms with van der Waals surface area (Å²) in [6, 6.07) is 16.6. The lowest BCUT2D eigenvalue weighted by molar-refractivity contribution is -0.132. The van der Waals surface area contributed by atoms with Gasteiger partial charge in [0.2, 0.25) is 11.9 Å². The number of anilines is 2.